The van der Waals surface area contributed by atoms with E-state index in [-0.39, 0.29) is 6.04 Å². The predicted octanol–water partition coefficient (Wildman–Crippen LogP) is 2.98. The molecular weight excluding hydrogens is 238 g/mol. The molecule has 0 spiro atoms. The second-order valence-corrected chi connectivity index (χ2v) is 4.65. The second-order valence-electron chi connectivity index (χ2n) is 4.65. The van der Waals surface area contributed by atoms with Crippen molar-refractivity contribution in [2.75, 3.05) is 0 Å². The van der Waals surface area contributed by atoms with Crippen LogP contribution in [-0.2, 0) is 13.0 Å². The standard InChI is InChI=1S/C15H21N3O/c1-3-13(16)9-12-5-7-14(8-6-12)19-15-10-17-18(4-2)11-15/h5-8,10-11,13H,3-4,9,16H2,1-2H3. The highest BCUT2D eigenvalue weighted by Crippen LogP contribution is 2.21. The smallest absolute Gasteiger partial charge is 0.165 e. The lowest BCUT2D eigenvalue weighted by atomic mass is 10.0. The SMILES string of the molecule is CCC(N)Cc1ccc(Oc2cnn(CC)c2)cc1. The summed E-state index contributed by atoms with van der Waals surface area (Å²) in [5, 5.41) is 4.17. The van der Waals surface area contributed by atoms with E-state index < -0.39 is 0 Å². The number of nitrogens with two attached hydrogens (primary N) is 1. The van der Waals surface area contributed by atoms with Crippen molar-refractivity contribution in [2.45, 2.75) is 39.3 Å². The van der Waals surface area contributed by atoms with Crippen molar-refractivity contribution in [3.05, 3.63) is 42.2 Å². The van der Waals surface area contributed by atoms with Crippen molar-refractivity contribution in [1.82, 2.24) is 9.78 Å². The van der Waals surface area contributed by atoms with Gasteiger partial charge in [0.2, 0.25) is 0 Å². The summed E-state index contributed by atoms with van der Waals surface area (Å²) in [6, 6.07) is 8.31. The lowest BCUT2D eigenvalue weighted by molar-refractivity contribution is 0.481. The van der Waals surface area contributed by atoms with E-state index >= 15 is 0 Å². The fraction of sp³-hybridized carbons (Fsp3) is 0.400. The Morgan fingerprint density at radius 1 is 1.21 bits per heavy atom. The van der Waals surface area contributed by atoms with Crippen LogP contribution in [0.2, 0.25) is 0 Å². The zero-order chi connectivity index (χ0) is 13.7. The fourth-order valence-corrected chi connectivity index (χ4v) is 1.85. The molecule has 0 fully saturated rings. The number of hydrogen-bond acceptors (Lipinski definition) is 3. The first-order valence-electron chi connectivity index (χ1n) is 6.76. The van der Waals surface area contributed by atoms with E-state index in [0.29, 0.717) is 0 Å². The third-order valence-corrected chi connectivity index (χ3v) is 3.11. The van der Waals surface area contributed by atoms with Crippen molar-refractivity contribution in [3.8, 4) is 11.5 Å². The highest BCUT2D eigenvalue weighted by atomic mass is 16.5. The lowest BCUT2D eigenvalue weighted by Gasteiger charge is -2.09. The molecule has 1 unspecified atom stereocenters. The van der Waals surface area contributed by atoms with E-state index in [9.17, 15) is 0 Å². The maximum absolute atomic E-state index is 5.94. The minimum Gasteiger partial charge on any atom is -0.454 e. The van der Waals surface area contributed by atoms with E-state index in [2.05, 4.69) is 24.2 Å². The summed E-state index contributed by atoms with van der Waals surface area (Å²) in [5.74, 6) is 1.59. The summed E-state index contributed by atoms with van der Waals surface area (Å²) in [4.78, 5) is 0. The van der Waals surface area contributed by atoms with Crippen LogP contribution < -0.4 is 10.5 Å². The van der Waals surface area contributed by atoms with Gasteiger partial charge in [0.1, 0.15) is 5.75 Å². The summed E-state index contributed by atoms with van der Waals surface area (Å²) in [6.07, 6.45) is 5.52. The van der Waals surface area contributed by atoms with Crippen molar-refractivity contribution in [2.24, 2.45) is 5.73 Å². The van der Waals surface area contributed by atoms with Crippen LogP contribution in [0.15, 0.2) is 36.7 Å². The van der Waals surface area contributed by atoms with E-state index in [1.54, 1.807) is 6.20 Å². The van der Waals surface area contributed by atoms with Gasteiger partial charge in [-0.2, -0.15) is 5.10 Å². The molecule has 4 nitrogen and oxygen atoms in total. The van der Waals surface area contributed by atoms with Gasteiger partial charge in [0.25, 0.3) is 0 Å². The number of rotatable bonds is 6. The molecule has 1 atom stereocenters. The zero-order valence-corrected chi connectivity index (χ0v) is 11.5. The van der Waals surface area contributed by atoms with Gasteiger partial charge in [-0.1, -0.05) is 19.1 Å². The largest absolute Gasteiger partial charge is 0.454 e. The van der Waals surface area contributed by atoms with Crippen molar-refractivity contribution in [3.63, 3.8) is 0 Å². The van der Waals surface area contributed by atoms with E-state index in [1.165, 1.54) is 5.56 Å². The Morgan fingerprint density at radius 3 is 2.53 bits per heavy atom. The maximum Gasteiger partial charge on any atom is 0.165 e. The van der Waals surface area contributed by atoms with Crippen LogP contribution in [-0.4, -0.2) is 15.8 Å². The van der Waals surface area contributed by atoms with Crippen LogP contribution in [0.4, 0.5) is 0 Å². The molecule has 19 heavy (non-hydrogen) atoms. The van der Waals surface area contributed by atoms with Gasteiger partial charge in [-0.3, -0.25) is 4.68 Å². The summed E-state index contributed by atoms with van der Waals surface area (Å²) in [6.45, 7) is 4.99. The van der Waals surface area contributed by atoms with Gasteiger partial charge in [0, 0.05) is 12.6 Å². The van der Waals surface area contributed by atoms with Crippen molar-refractivity contribution >= 4 is 0 Å². The monoisotopic (exact) mass is 259 g/mol. The van der Waals surface area contributed by atoms with Crippen LogP contribution in [0.5, 0.6) is 11.5 Å². The van der Waals surface area contributed by atoms with Crippen LogP contribution in [0.3, 0.4) is 0 Å². The molecule has 0 aliphatic rings. The first kappa shape index (κ1) is 13.6. The molecule has 0 saturated heterocycles. The predicted molar refractivity (Wildman–Crippen MR) is 76.4 cm³/mol. The minimum atomic E-state index is 0.231. The average Bonchev–Trinajstić information content (AvgIpc) is 2.88. The van der Waals surface area contributed by atoms with E-state index in [4.69, 9.17) is 10.5 Å². The highest BCUT2D eigenvalue weighted by Gasteiger charge is 2.03. The Labute approximate surface area is 114 Å². The molecule has 0 amide bonds. The van der Waals surface area contributed by atoms with E-state index in [0.717, 1.165) is 30.9 Å². The number of aromatic nitrogens is 2. The Kier molecular flexibility index (Phi) is 4.58. The molecule has 0 saturated carbocycles. The first-order valence-corrected chi connectivity index (χ1v) is 6.76. The van der Waals surface area contributed by atoms with Crippen LogP contribution in [0.1, 0.15) is 25.8 Å². The van der Waals surface area contributed by atoms with Crippen LogP contribution in [0.25, 0.3) is 0 Å². The topological polar surface area (TPSA) is 53.1 Å². The molecule has 0 aliphatic carbocycles. The molecule has 2 rings (SSSR count). The van der Waals surface area contributed by atoms with Gasteiger partial charge in [0.15, 0.2) is 5.75 Å². The Morgan fingerprint density at radius 2 is 1.95 bits per heavy atom. The zero-order valence-electron chi connectivity index (χ0n) is 11.5. The number of nitrogens with zero attached hydrogens (tertiary/aromatic N) is 2. The Hall–Kier alpha value is -1.81. The Bertz CT molecular complexity index is 504. The van der Waals surface area contributed by atoms with Gasteiger partial charge in [0.05, 0.1) is 12.4 Å². The normalized spacial score (nSPS) is 12.4. The lowest BCUT2D eigenvalue weighted by Crippen LogP contribution is -2.21. The molecule has 0 aliphatic heterocycles. The summed E-state index contributed by atoms with van der Waals surface area (Å²) >= 11 is 0. The van der Waals surface area contributed by atoms with Gasteiger partial charge in [-0.25, -0.2) is 0 Å². The fourth-order valence-electron chi connectivity index (χ4n) is 1.85. The molecular formula is C15H21N3O. The molecule has 1 aromatic heterocycles. The number of benzene rings is 1. The van der Waals surface area contributed by atoms with E-state index in [1.807, 2.05) is 29.9 Å². The second kappa shape index (κ2) is 6.38. The maximum atomic E-state index is 5.94. The van der Waals surface area contributed by atoms with Gasteiger partial charge in [-0.05, 0) is 37.5 Å². The summed E-state index contributed by atoms with van der Waals surface area (Å²) < 4.78 is 7.57. The molecule has 4 heteroatoms. The van der Waals surface area contributed by atoms with Crippen LogP contribution >= 0.6 is 0 Å². The van der Waals surface area contributed by atoms with Gasteiger partial charge >= 0.3 is 0 Å². The quantitative estimate of drug-likeness (QED) is 0.867. The number of aryl methyl sites for hydroxylation is 1. The molecule has 0 bridgehead atoms. The summed E-state index contributed by atoms with van der Waals surface area (Å²) in [7, 11) is 0. The molecule has 102 valence electrons. The van der Waals surface area contributed by atoms with Crippen molar-refractivity contribution < 1.29 is 4.74 Å². The molecule has 1 heterocycles. The van der Waals surface area contributed by atoms with Crippen molar-refractivity contribution in [1.29, 1.82) is 0 Å². The number of ether oxygens (including phenoxy) is 1. The highest BCUT2D eigenvalue weighted by molar-refractivity contribution is 5.31. The molecule has 1 aromatic carbocycles. The Balaban J connectivity index is 1.98. The number of hydrogen-bond donors (Lipinski definition) is 1. The molecule has 0 radical (unpaired) electrons. The minimum absolute atomic E-state index is 0.231. The van der Waals surface area contributed by atoms with Gasteiger partial charge in [-0.15, -0.1) is 0 Å². The molecule has 2 N–H and O–H groups in total. The third-order valence-electron chi connectivity index (χ3n) is 3.11. The van der Waals surface area contributed by atoms with Gasteiger partial charge < -0.3 is 10.5 Å². The van der Waals surface area contributed by atoms with Crippen LogP contribution in [0, 0.1) is 0 Å². The molecule has 2 aromatic rings. The first-order chi connectivity index (χ1) is 9.21. The average molecular weight is 259 g/mol. The summed E-state index contributed by atoms with van der Waals surface area (Å²) in [5.41, 5.74) is 7.18. The third kappa shape index (κ3) is 3.83.